The molecule has 1 amide bonds. The van der Waals surface area contributed by atoms with Crippen molar-refractivity contribution < 1.29 is 17.9 Å². The Hall–Kier alpha value is -3.10. The highest BCUT2D eigenvalue weighted by Gasteiger charge is 2.18. The Labute approximate surface area is 180 Å². The van der Waals surface area contributed by atoms with Gasteiger partial charge in [0.2, 0.25) is 0 Å². The molecule has 7 nitrogen and oxygen atoms in total. The summed E-state index contributed by atoms with van der Waals surface area (Å²) in [6.45, 7) is 3.46. The van der Waals surface area contributed by atoms with Crippen molar-refractivity contribution in [1.29, 1.82) is 0 Å². The van der Waals surface area contributed by atoms with Crippen LogP contribution in [0, 0.1) is 6.92 Å². The van der Waals surface area contributed by atoms with Gasteiger partial charge in [0.15, 0.2) is 6.10 Å². The molecule has 156 valence electrons. The van der Waals surface area contributed by atoms with Gasteiger partial charge in [0, 0.05) is 16.9 Å². The van der Waals surface area contributed by atoms with Crippen LogP contribution in [0.5, 0.6) is 5.75 Å². The molecule has 0 spiro atoms. The van der Waals surface area contributed by atoms with Crippen LogP contribution >= 0.6 is 11.6 Å². The predicted octanol–water partition coefficient (Wildman–Crippen LogP) is 4.25. The number of nitrogens with zero attached hydrogens (tertiary/aromatic N) is 1. The summed E-state index contributed by atoms with van der Waals surface area (Å²) in [5.41, 5.74) is 1.26. The van der Waals surface area contributed by atoms with Crippen molar-refractivity contribution in [3.8, 4) is 5.75 Å². The topological polar surface area (TPSA) is 97.4 Å². The highest BCUT2D eigenvalue weighted by Crippen LogP contribution is 2.23. The van der Waals surface area contributed by atoms with Crippen LogP contribution in [0.2, 0.25) is 5.02 Å². The summed E-state index contributed by atoms with van der Waals surface area (Å²) in [5.74, 6) is 0.411. The number of halogens is 1. The Bertz CT molecular complexity index is 1140. The molecule has 1 unspecified atom stereocenters. The summed E-state index contributed by atoms with van der Waals surface area (Å²) in [7, 11) is -3.78. The van der Waals surface area contributed by atoms with E-state index in [0.717, 1.165) is 5.56 Å². The molecule has 3 rings (SSSR count). The molecule has 1 atom stereocenters. The number of rotatable bonds is 7. The summed E-state index contributed by atoms with van der Waals surface area (Å²) in [6, 6.07) is 15.9. The van der Waals surface area contributed by atoms with Crippen molar-refractivity contribution in [2.45, 2.75) is 24.8 Å². The molecular formula is C21H20ClN3O4S. The monoisotopic (exact) mass is 445 g/mol. The third kappa shape index (κ3) is 5.49. The highest BCUT2D eigenvalue weighted by atomic mass is 35.5. The smallest absolute Gasteiger partial charge is 0.265 e. The first-order chi connectivity index (χ1) is 14.2. The Balaban J connectivity index is 1.64. The number of aromatic nitrogens is 1. The van der Waals surface area contributed by atoms with Crippen LogP contribution in [-0.4, -0.2) is 25.4 Å². The minimum absolute atomic E-state index is 0.0484. The van der Waals surface area contributed by atoms with E-state index in [4.69, 9.17) is 16.3 Å². The lowest BCUT2D eigenvalue weighted by molar-refractivity contribution is -0.122. The number of pyridine rings is 1. The lowest BCUT2D eigenvalue weighted by Gasteiger charge is -2.16. The van der Waals surface area contributed by atoms with E-state index in [9.17, 15) is 13.2 Å². The third-order valence-electron chi connectivity index (χ3n) is 4.15. The molecule has 1 aromatic heterocycles. The molecule has 0 aliphatic carbocycles. The van der Waals surface area contributed by atoms with Gasteiger partial charge >= 0.3 is 0 Å². The van der Waals surface area contributed by atoms with Gasteiger partial charge in [0.1, 0.15) is 11.6 Å². The van der Waals surface area contributed by atoms with Gasteiger partial charge in [0.05, 0.1) is 4.90 Å². The molecule has 30 heavy (non-hydrogen) atoms. The van der Waals surface area contributed by atoms with E-state index in [1.54, 1.807) is 43.3 Å². The SMILES string of the molecule is Cc1cc(Cl)ccc1OC(C)C(=O)Nc1ccc(S(=O)(=O)Nc2ccccn2)cc1. The number of ether oxygens (including phenoxy) is 1. The van der Waals surface area contributed by atoms with E-state index in [2.05, 4.69) is 15.0 Å². The average molecular weight is 446 g/mol. The standard InChI is InChI=1S/C21H20ClN3O4S/c1-14-13-16(22)6-11-19(14)29-15(2)21(26)24-17-7-9-18(10-8-17)30(27,28)25-20-5-3-4-12-23-20/h3-13,15H,1-2H3,(H,23,25)(H,24,26). The minimum atomic E-state index is -3.78. The number of benzene rings is 2. The molecule has 0 saturated carbocycles. The summed E-state index contributed by atoms with van der Waals surface area (Å²) in [4.78, 5) is 16.4. The molecule has 1 heterocycles. The molecule has 2 aromatic carbocycles. The van der Waals surface area contributed by atoms with Crippen LogP contribution in [0.1, 0.15) is 12.5 Å². The highest BCUT2D eigenvalue weighted by molar-refractivity contribution is 7.92. The zero-order chi connectivity index (χ0) is 21.7. The maximum Gasteiger partial charge on any atom is 0.265 e. The zero-order valence-corrected chi connectivity index (χ0v) is 17.9. The first-order valence-electron chi connectivity index (χ1n) is 9.02. The molecule has 2 N–H and O–H groups in total. The van der Waals surface area contributed by atoms with Gasteiger partial charge in [-0.15, -0.1) is 0 Å². The van der Waals surface area contributed by atoms with Crippen LogP contribution in [-0.2, 0) is 14.8 Å². The van der Waals surface area contributed by atoms with E-state index < -0.39 is 16.1 Å². The van der Waals surface area contributed by atoms with Crippen molar-refractivity contribution in [1.82, 2.24) is 4.98 Å². The van der Waals surface area contributed by atoms with Crippen LogP contribution in [0.15, 0.2) is 71.8 Å². The van der Waals surface area contributed by atoms with Gasteiger partial charge < -0.3 is 10.1 Å². The van der Waals surface area contributed by atoms with Crippen LogP contribution in [0.3, 0.4) is 0 Å². The molecule has 0 aliphatic rings. The zero-order valence-electron chi connectivity index (χ0n) is 16.3. The van der Waals surface area contributed by atoms with E-state index in [1.807, 2.05) is 6.92 Å². The van der Waals surface area contributed by atoms with Crippen LogP contribution in [0.25, 0.3) is 0 Å². The van der Waals surface area contributed by atoms with Gasteiger partial charge in [-0.1, -0.05) is 17.7 Å². The molecule has 0 aliphatic heterocycles. The molecule has 0 radical (unpaired) electrons. The van der Waals surface area contributed by atoms with Crippen molar-refractivity contribution in [3.05, 3.63) is 77.4 Å². The molecule has 9 heteroatoms. The maximum atomic E-state index is 12.4. The van der Waals surface area contributed by atoms with E-state index in [1.165, 1.54) is 30.5 Å². The largest absolute Gasteiger partial charge is 0.481 e. The first-order valence-corrected chi connectivity index (χ1v) is 10.9. The second kappa shape index (κ2) is 9.15. The Morgan fingerprint density at radius 3 is 2.47 bits per heavy atom. The number of amides is 1. The number of aryl methyl sites for hydroxylation is 1. The minimum Gasteiger partial charge on any atom is -0.481 e. The molecule has 0 saturated heterocycles. The molecule has 0 fully saturated rings. The van der Waals surface area contributed by atoms with E-state index in [0.29, 0.717) is 16.5 Å². The second-order valence-electron chi connectivity index (χ2n) is 6.50. The lowest BCUT2D eigenvalue weighted by Crippen LogP contribution is -2.30. The predicted molar refractivity (Wildman–Crippen MR) is 116 cm³/mol. The maximum absolute atomic E-state index is 12.4. The van der Waals surface area contributed by atoms with Crippen LogP contribution in [0.4, 0.5) is 11.5 Å². The number of nitrogens with one attached hydrogen (secondary N) is 2. The van der Waals surface area contributed by atoms with E-state index >= 15 is 0 Å². The second-order valence-corrected chi connectivity index (χ2v) is 8.62. The summed E-state index contributed by atoms with van der Waals surface area (Å²) in [5, 5.41) is 3.29. The Morgan fingerprint density at radius 2 is 1.83 bits per heavy atom. The fraction of sp³-hybridized carbons (Fsp3) is 0.143. The van der Waals surface area contributed by atoms with Crippen molar-refractivity contribution in [2.75, 3.05) is 10.0 Å². The van der Waals surface area contributed by atoms with E-state index in [-0.39, 0.29) is 16.6 Å². The van der Waals surface area contributed by atoms with Crippen molar-refractivity contribution in [3.63, 3.8) is 0 Å². The Morgan fingerprint density at radius 1 is 1.10 bits per heavy atom. The average Bonchev–Trinajstić information content (AvgIpc) is 2.71. The fourth-order valence-corrected chi connectivity index (χ4v) is 3.81. The molecular weight excluding hydrogens is 426 g/mol. The summed E-state index contributed by atoms with van der Waals surface area (Å²) in [6.07, 6.45) is 0.727. The molecule has 0 bridgehead atoms. The quantitative estimate of drug-likeness (QED) is 0.566. The fourth-order valence-electron chi connectivity index (χ4n) is 2.57. The van der Waals surface area contributed by atoms with Gasteiger partial charge in [-0.25, -0.2) is 13.4 Å². The van der Waals surface area contributed by atoms with Gasteiger partial charge in [0.25, 0.3) is 15.9 Å². The molecule has 3 aromatic rings. The number of hydrogen-bond donors (Lipinski definition) is 2. The van der Waals surface area contributed by atoms with Crippen molar-refractivity contribution in [2.24, 2.45) is 0 Å². The number of carbonyl (C=O) groups excluding carboxylic acids is 1. The number of sulfonamides is 1. The number of anilines is 2. The number of carbonyl (C=O) groups is 1. The summed E-state index contributed by atoms with van der Waals surface area (Å²) >= 11 is 5.93. The first kappa shape index (κ1) is 21.6. The lowest BCUT2D eigenvalue weighted by atomic mass is 10.2. The Kier molecular flexibility index (Phi) is 6.59. The van der Waals surface area contributed by atoms with Gasteiger partial charge in [-0.2, -0.15) is 0 Å². The summed E-state index contributed by atoms with van der Waals surface area (Å²) < 4.78 is 33.0. The van der Waals surface area contributed by atoms with Gasteiger partial charge in [-0.3, -0.25) is 9.52 Å². The third-order valence-corrected chi connectivity index (χ3v) is 5.75. The normalized spacial score (nSPS) is 12.1. The van der Waals surface area contributed by atoms with Gasteiger partial charge in [-0.05, 0) is 74.0 Å². The number of hydrogen-bond acceptors (Lipinski definition) is 5. The van der Waals surface area contributed by atoms with Crippen molar-refractivity contribution >= 4 is 39.0 Å². The van der Waals surface area contributed by atoms with Crippen LogP contribution < -0.4 is 14.8 Å².